The normalized spacial score (nSPS) is 18.5. The Kier molecular flexibility index (Phi) is 6.96. The number of hydrogen-bond acceptors (Lipinski definition) is 3. The van der Waals surface area contributed by atoms with E-state index < -0.39 is 11.5 Å². The van der Waals surface area contributed by atoms with E-state index in [1.54, 1.807) is 0 Å². The number of rotatable bonds is 11. The van der Waals surface area contributed by atoms with Crippen molar-refractivity contribution < 1.29 is 9.90 Å². The van der Waals surface area contributed by atoms with E-state index in [0.29, 0.717) is 18.4 Å². The molecule has 1 fully saturated rings. The van der Waals surface area contributed by atoms with Gasteiger partial charge in [0, 0.05) is 12.6 Å². The van der Waals surface area contributed by atoms with Gasteiger partial charge in [-0.3, -0.25) is 10.1 Å². The molecule has 0 aromatic heterocycles. The van der Waals surface area contributed by atoms with E-state index in [1.807, 2.05) is 6.92 Å². The number of carboxylic acids is 1. The third-order valence-corrected chi connectivity index (χ3v) is 4.22. The maximum absolute atomic E-state index is 11.7. The Morgan fingerprint density at radius 3 is 2.45 bits per heavy atom. The summed E-state index contributed by atoms with van der Waals surface area (Å²) in [7, 11) is 0. The molecule has 1 aliphatic carbocycles. The molecule has 0 spiro atoms. The van der Waals surface area contributed by atoms with E-state index >= 15 is 0 Å². The van der Waals surface area contributed by atoms with Gasteiger partial charge < -0.3 is 10.0 Å². The van der Waals surface area contributed by atoms with Crippen LogP contribution in [0.15, 0.2) is 0 Å². The van der Waals surface area contributed by atoms with Gasteiger partial charge in [-0.1, -0.05) is 27.7 Å². The van der Waals surface area contributed by atoms with Crippen LogP contribution in [0.3, 0.4) is 0 Å². The highest BCUT2D eigenvalue weighted by Crippen LogP contribution is 2.27. The summed E-state index contributed by atoms with van der Waals surface area (Å²) in [5.74, 6) is -0.0197. The summed E-state index contributed by atoms with van der Waals surface area (Å²) in [6.07, 6.45) is 4.59. The molecule has 1 atom stereocenters. The summed E-state index contributed by atoms with van der Waals surface area (Å²) in [6.45, 7) is 11.7. The zero-order chi connectivity index (χ0) is 15.2. The van der Waals surface area contributed by atoms with Crippen LogP contribution < -0.4 is 5.32 Å². The van der Waals surface area contributed by atoms with Gasteiger partial charge in [0.1, 0.15) is 5.54 Å². The molecule has 0 amide bonds. The fraction of sp³-hybridized carbons (Fsp3) is 0.938. The van der Waals surface area contributed by atoms with Crippen LogP contribution >= 0.6 is 0 Å². The summed E-state index contributed by atoms with van der Waals surface area (Å²) in [6, 6.07) is 0.434. The molecule has 0 saturated heterocycles. The standard InChI is InChI=1S/C16H32N2O2/c1-5-16(15(19)20,17-14-8-9-14)10-7-11-18(6-2)12-13(3)4/h13-14,17H,5-12H2,1-4H3,(H,19,20). The van der Waals surface area contributed by atoms with Gasteiger partial charge in [0.15, 0.2) is 0 Å². The molecular weight excluding hydrogens is 252 g/mol. The van der Waals surface area contributed by atoms with Crippen molar-refractivity contribution in [2.45, 2.75) is 71.4 Å². The molecule has 4 nitrogen and oxygen atoms in total. The molecule has 4 heteroatoms. The van der Waals surface area contributed by atoms with Gasteiger partial charge >= 0.3 is 5.97 Å². The van der Waals surface area contributed by atoms with E-state index in [2.05, 4.69) is 31.0 Å². The molecule has 1 saturated carbocycles. The Hall–Kier alpha value is -0.610. The quantitative estimate of drug-likeness (QED) is 0.612. The van der Waals surface area contributed by atoms with Crippen LogP contribution in [0, 0.1) is 5.92 Å². The molecule has 2 N–H and O–H groups in total. The Balaban J connectivity index is 2.46. The Labute approximate surface area is 123 Å². The van der Waals surface area contributed by atoms with Gasteiger partial charge in [0.05, 0.1) is 0 Å². The van der Waals surface area contributed by atoms with E-state index in [1.165, 1.54) is 0 Å². The minimum absolute atomic E-state index is 0.434. The smallest absolute Gasteiger partial charge is 0.323 e. The minimum Gasteiger partial charge on any atom is -0.480 e. The lowest BCUT2D eigenvalue weighted by Gasteiger charge is -2.31. The van der Waals surface area contributed by atoms with Crippen molar-refractivity contribution in [3.05, 3.63) is 0 Å². The van der Waals surface area contributed by atoms with Crippen molar-refractivity contribution in [3.63, 3.8) is 0 Å². The maximum Gasteiger partial charge on any atom is 0.323 e. The molecule has 0 radical (unpaired) electrons. The summed E-state index contributed by atoms with van der Waals surface area (Å²) in [5.41, 5.74) is -0.710. The average Bonchev–Trinajstić information content (AvgIpc) is 3.19. The van der Waals surface area contributed by atoms with E-state index in [0.717, 1.165) is 45.3 Å². The molecule has 20 heavy (non-hydrogen) atoms. The number of nitrogens with one attached hydrogen (secondary N) is 1. The number of hydrogen-bond donors (Lipinski definition) is 2. The molecule has 0 aliphatic heterocycles. The second kappa shape index (κ2) is 7.99. The summed E-state index contributed by atoms with van der Waals surface area (Å²) >= 11 is 0. The van der Waals surface area contributed by atoms with E-state index in [-0.39, 0.29) is 0 Å². The first-order valence-electron chi connectivity index (χ1n) is 8.17. The summed E-state index contributed by atoms with van der Waals surface area (Å²) < 4.78 is 0. The van der Waals surface area contributed by atoms with Crippen LogP contribution in [-0.2, 0) is 4.79 Å². The third-order valence-electron chi connectivity index (χ3n) is 4.22. The van der Waals surface area contributed by atoms with Crippen molar-refractivity contribution >= 4 is 5.97 Å². The second-order valence-corrected chi connectivity index (χ2v) is 6.55. The van der Waals surface area contributed by atoms with Gasteiger partial charge in [-0.15, -0.1) is 0 Å². The zero-order valence-corrected chi connectivity index (χ0v) is 13.6. The van der Waals surface area contributed by atoms with Crippen LogP contribution in [0.1, 0.15) is 59.8 Å². The molecule has 1 rings (SSSR count). The number of aliphatic carboxylic acids is 1. The van der Waals surface area contributed by atoms with Gasteiger partial charge in [0.2, 0.25) is 0 Å². The topological polar surface area (TPSA) is 52.6 Å². The molecule has 0 bridgehead atoms. The molecule has 1 unspecified atom stereocenters. The zero-order valence-electron chi connectivity index (χ0n) is 13.6. The van der Waals surface area contributed by atoms with Crippen molar-refractivity contribution in [1.29, 1.82) is 0 Å². The third kappa shape index (κ3) is 5.41. The first-order valence-corrected chi connectivity index (χ1v) is 8.17. The lowest BCUT2D eigenvalue weighted by Crippen LogP contribution is -2.53. The van der Waals surface area contributed by atoms with Crippen molar-refractivity contribution in [3.8, 4) is 0 Å². The predicted octanol–water partition coefficient (Wildman–Crippen LogP) is 2.73. The average molecular weight is 284 g/mol. The molecule has 0 aromatic carbocycles. The van der Waals surface area contributed by atoms with Crippen LogP contribution in [0.4, 0.5) is 0 Å². The van der Waals surface area contributed by atoms with Crippen molar-refractivity contribution in [2.24, 2.45) is 5.92 Å². The molecular formula is C16H32N2O2. The Morgan fingerprint density at radius 1 is 1.40 bits per heavy atom. The van der Waals surface area contributed by atoms with Crippen LogP contribution in [0.25, 0.3) is 0 Å². The van der Waals surface area contributed by atoms with E-state index in [4.69, 9.17) is 0 Å². The maximum atomic E-state index is 11.7. The Morgan fingerprint density at radius 2 is 2.05 bits per heavy atom. The van der Waals surface area contributed by atoms with Gasteiger partial charge in [-0.05, 0) is 51.1 Å². The van der Waals surface area contributed by atoms with Gasteiger partial charge in [0.25, 0.3) is 0 Å². The molecule has 118 valence electrons. The largest absolute Gasteiger partial charge is 0.480 e. The fourth-order valence-corrected chi connectivity index (χ4v) is 2.79. The molecule has 0 aromatic rings. The summed E-state index contributed by atoms with van der Waals surface area (Å²) in [4.78, 5) is 14.1. The van der Waals surface area contributed by atoms with Crippen molar-refractivity contribution in [1.82, 2.24) is 10.2 Å². The molecule has 0 heterocycles. The van der Waals surface area contributed by atoms with Crippen LogP contribution in [-0.4, -0.2) is 47.2 Å². The first kappa shape index (κ1) is 17.4. The highest BCUT2D eigenvalue weighted by molar-refractivity contribution is 5.78. The number of nitrogens with zero attached hydrogens (tertiary/aromatic N) is 1. The lowest BCUT2D eigenvalue weighted by atomic mass is 9.90. The fourth-order valence-electron chi connectivity index (χ4n) is 2.79. The SMILES string of the molecule is CCN(CCCC(CC)(NC1CC1)C(=O)O)CC(C)C. The lowest BCUT2D eigenvalue weighted by molar-refractivity contribution is -0.145. The Bertz CT molecular complexity index is 303. The van der Waals surface area contributed by atoms with Crippen molar-refractivity contribution in [2.75, 3.05) is 19.6 Å². The number of carbonyl (C=O) groups is 1. The van der Waals surface area contributed by atoms with Crippen LogP contribution in [0.5, 0.6) is 0 Å². The predicted molar refractivity (Wildman–Crippen MR) is 83.0 cm³/mol. The van der Waals surface area contributed by atoms with E-state index in [9.17, 15) is 9.90 Å². The minimum atomic E-state index is -0.710. The first-order chi connectivity index (χ1) is 9.43. The second-order valence-electron chi connectivity index (χ2n) is 6.55. The highest BCUT2D eigenvalue weighted by atomic mass is 16.4. The molecule has 1 aliphatic rings. The highest BCUT2D eigenvalue weighted by Gasteiger charge is 2.40. The summed E-state index contributed by atoms with van der Waals surface area (Å²) in [5, 5.41) is 13.0. The van der Waals surface area contributed by atoms with Gasteiger partial charge in [-0.2, -0.15) is 0 Å². The number of carboxylic acid groups (broad SMARTS) is 1. The van der Waals surface area contributed by atoms with Crippen LogP contribution in [0.2, 0.25) is 0 Å². The monoisotopic (exact) mass is 284 g/mol. The van der Waals surface area contributed by atoms with Gasteiger partial charge in [-0.25, -0.2) is 0 Å².